The maximum atomic E-state index is 12.4. The molecule has 2 heterocycles. The van der Waals surface area contributed by atoms with Crippen molar-refractivity contribution in [2.75, 3.05) is 7.11 Å². The summed E-state index contributed by atoms with van der Waals surface area (Å²) in [5.41, 5.74) is 2.24. The maximum Gasteiger partial charge on any atom is 0.300 e. The van der Waals surface area contributed by atoms with E-state index in [1.165, 1.54) is 11.3 Å². The summed E-state index contributed by atoms with van der Waals surface area (Å²) < 4.78 is 10.1. The Bertz CT molecular complexity index is 929. The number of para-hydroxylation sites is 1. The highest BCUT2D eigenvalue weighted by Gasteiger charge is 2.13. The molecule has 6 nitrogen and oxygen atoms in total. The summed E-state index contributed by atoms with van der Waals surface area (Å²) in [6.45, 7) is 4.63. The number of hydrogen-bond donors (Lipinski definition) is 0. The molecule has 2 aromatic heterocycles. The van der Waals surface area contributed by atoms with Gasteiger partial charge in [-0.2, -0.15) is 10.1 Å². The van der Waals surface area contributed by atoms with Crippen molar-refractivity contribution in [3.8, 4) is 5.75 Å². The molecule has 1 amide bonds. The van der Waals surface area contributed by atoms with E-state index in [1.54, 1.807) is 17.9 Å². The van der Waals surface area contributed by atoms with Gasteiger partial charge in [0.15, 0.2) is 10.5 Å². The van der Waals surface area contributed by atoms with E-state index in [0.29, 0.717) is 17.0 Å². The van der Waals surface area contributed by atoms with Gasteiger partial charge in [-0.25, -0.2) is 0 Å². The fourth-order valence-electron chi connectivity index (χ4n) is 2.45. The second-order valence-corrected chi connectivity index (χ2v) is 6.16. The summed E-state index contributed by atoms with van der Waals surface area (Å²) in [6, 6.07) is 7.60. The van der Waals surface area contributed by atoms with Crippen LogP contribution in [0.2, 0.25) is 0 Å². The molecule has 0 N–H and O–H groups in total. The van der Waals surface area contributed by atoms with Crippen LogP contribution in [0.25, 0.3) is 10.2 Å². The van der Waals surface area contributed by atoms with Crippen molar-refractivity contribution in [2.24, 2.45) is 12.0 Å². The van der Waals surface area contributed by atoms with Crippen LogP contribution >= 0.6 is 11.3 Å². The lowest BCUT2D eigenvalue weighted by atomic mass is 10.3. The molecule has 23 heavy (non-hydrogen) atoms. The van der Waals surface area contributed by atoms with Gasteiger partial charge in [-0.15, -0.1) is 0 Å². The van der Waals surface area contributed by atoms with Gasteiger partial charge in [-0.3, -0.25) is 9.48 Å². The fourth-order valence-corrected chi connectivity index (χ4v) is 3.56. The molecule has 3 rings (SSSR count). The number of hydrogen-bond acceptors (Lipinski definition) is 4. The topological polar surface area (TPSA) is 61.4 Å². The molecule has 7 heteroatoms. The van der Waals surface area contributed by atoms with Gasteiger partial charge in [0.2, 0.25) is 0 Å². The van der Waals surface area contributed by atoms with Crippen molar-refractivity contribution in [3.63, 3.8) is 0 Å². The lowest BCUT2D eigenvalue weighted by molar-refractivity contribution is 0.0992. The third-order valence-electron chi connectivity index (χ3n) is 3.73. The molecule has 0 aliphatic carbocycles. The Morgan fingerprint density at radius 2 is 2.22 bits per heavy atom. The number of carbonyl (C=O) groups is 1. The van der Waals surface area contributed by atoms with Crippen molar-refractivity contribution in [2.45, 2.75) is 20.4 Å². The Kier molecular flexibility index (Phi) is 4.04. The number of amides is 1. The molecule has 0 aliphatic heterocycles. The van der Waals surface area contributed by atoms with Crippen molar-refractivity contribution >= 4 is 27.5 Å². The highest BCUT2D eigenvalue weighted by molar-refractivity contribution is 7.16. The fraction of sp³-hybridized carbons (Fsp3) is 0.312. The van der Waals surface area contributed by atoms with E-state index in [0.717, 1.165) is 21.7 Å². The SMILES string of the molecule is CCn1c(=NC(=O)c2cc(C)n(C)n2)sc2cccc(OC)c21. The number of carbonyl (C=O) groups excluding carboxylic acids is 1. The zero-order chi connectivity index (χ0) is 16.6. The lowest BCUT2D eigenvalue weighted by Crippen LogP contribution is -2.16. The number of methoxy groups -OCH3 is 1. The number of benzene rings is 1. The molecule has 0 unspecified atom stereocenters. The van der Waals surface area contributed by atoms with Gasteiger partial charge in [-0.1, -0.05) is 17.4 Å². The number of ether oxygens (including phenoxy) is 1. The van der Waals surface area contributed by atoms with Crippen LogP contribution in [-0.4, -0.2) is 27.4 Å². The second kappa shape index (κ2) is 6.00. The summed E-state index contributed by atoms with van der Waals surface area (Å²) in [4.78, 5) is 17.3. The standard InChI is InChI=1S/C16H18N4O2S/c1-5-20-14-12(22-4)7-6-8-13(14)23-16(20)17-15(21)11-9-10(2)19(3)18-11/h6-9H,5H2,1-4H3. The summed E-state index contributed by atoms with van der Waals surface area (Å²) >= 11 is 1.47. The highest BCUT2D eigenvalue weighted by Crippen LogP contribution is 2.27. The Labute approximate surface area is 137 Å². The zero-order valence-electron chi connectivity index (χ0n) is 13.5. The minimum absolute atomic E-state index is 0.332. The van der Waals surface area contributed by atoms with Crippen LogP contribution in [0, 0.1) is 6.92 Å². The van der Waals surface area contributed by atoms with Gasteiger partial charge in [0.1, 0.15) is 11.3 Å². The molecule has 0 aliphatic rings. The molecule has 3 aromatic rings. The van der Waals surface area contributed by atoms with Crippen LogP contribution in [0.3, 0.4) is 0 Å². The van der Waals surface area contributed by atoms with E-state index in [2.05, 4.69) is 10.1 Å². The van der Waals surface area contributed by atoms with Crippen molar-refractivity contribution < 1.29 is 9.53 Å². The van der Waals surface area contributed by atoms with E-state index in [-0.39, 0.29) is 5.91 Å². The minimum atomic E-state index is -0.332. The summed E-state index contributed by atoms with van der Waals surface area (Å²) in [6.07, 6.45) is 0. The Hall–Kier alpha value is -2.41. The molecule has 0 spiro atoms. The number of fused-ring (bicyclic) bond motifs is 1. The Morgan fingerprint density at radius 3 is 2.83 bits per heavy atom. The number of aromatic nitrogens is 3. The number of aryl methyl sites for hydroxylation is 3. The second-order valence-electron chi connectivity index (χ2n) is 5.15. The smallest absolute Gasteiger partial charge is 0.300 e. The van der Waals surface area contributed by atoms with Gasteiger partial charge in [0, 0.05) is 19.3 Å². The Balaban J connectivity index is 2.17. The highest BCUT2D eigenvalue weighted by atomic mass is 32.1. The van der Waals surface area contributed by atoms with Crippen LogP contribution in [0.1, 0.15) is 23.1 Å². The normalized spacial score (nSPS) is 12.1. The molecule has 0 fully saturated rings. The summed E-state index contributed by atoms with van der Waals surface area (Å²) in [7, 11) is 3.45. The van der Waals surface area contributed by atoms with Gasteiger partial charge >= 0.3 is 0 Å². The summed E-state index contributed by atoms with van der Waals surface area (Å²) in [5, 5.41) is 4.19. The van der Waals surface area contributed by atoms with Gasteiger partial charge < -0.3 is 9.30 Å². The first kappa shape index (κ1) is 15.5. The van der Waals surface area contributed by atoms with E-state index in [1.807, 2.05) is 43.7 Å². The molecular weight excluding hydrogens is 312 g/mol. The molecule has 0 saturated heterocycles. The van der Waals surface area contributed by atoms with Crippen LogP contribution in [0.4, 0.5) is 0 Å². The van der Waals surface area contributed by atoms with E-state index < -0.39 is 0 Å². The van der Waals surface area contributed by atoms with E-state index in [9.17, 15) is 4.79 Å². The Morgan fingerprint density at radius 1 is 1.43 bits per heavy atom. The van der Waals surface area contributed by atoms with Crippen LogP contribution < -0.4 is 9.54 Å². The quantitative estimate of drug-likeness (QED) is 0.741. The predicted octanol–water partition coefficient (Wildman–Crippen LogP) is 2.51. The third-order valence-corrected chi connectivity index (χ3v) is 4.77. The molecule has 120 valence electrons. The first-order chi connectivity index (χ1) is 11.0. The average Bonchev–Trinajstić information content (AvgIpc) is 3.06. The first-order valence-electron chi connectivity index (χ1n) is 7.31. The van der Waals surface area contributed by atoms with Gasteiger partial charge in [-0.05, 0) is 32.0 Å². The first-order valence-corrected chi connectivity index (χ1v) is 8.12. The molecule has 0 saturated carbocycles. The average molecular weight is 330 g/mol. The molecule has 0 bridgehead atoms. The molecule has 0 radical (unpaired) electrons. The molecule has 0 atom stereocenters. The van der Waals surface area contributed by atoms with Crippen molar-refractivity contribution in [3.05, 3.63) is 40.5 Å². The van der Waals surface area contributed by atoms with E-state index in [4.69, 9.17) is 4.74 Å². The number of nitrogens with zero attached hydrogens (tertiary/aromatic N) is 4. The summed E-state index contributed by atoms with van der Waals surface area (Å²) in [5.74, 6) is 0.449. The lowest BCUT2D eigenvalue weighted by Gasteiger charge is -2.05. The monoisotopic (exact) mass is 330 g/mol. The van der Waals surface area contributed by atoms with Gasteiger partial charge in [0.25, 0.3) is 5.91 Å². The zero-order valence-corrected chi connectivity index (χ0v) is 14.3. The van der Waals surface area contributed by atoms with Crippen molar-refractivity contribution in [1.29, 1.82) is 0 Å². The molecular formula is C16H18N4O2S. The largest absolute Gasteiger partial charge is 0.495 e. The van der Waals surface area contributed by atoms with Crippen LogP contribution in [0.5, 0.6) is 5.75 Å². The van der Waals surface area contributed by atoms with Crippen LogP contribution in [0.15, 0.2) is 29.3 Å². The minimum Gasteiger partial charge on any atom is -0.495 e. The van der Waals surface area contributed by atoms with Crippen molar-refractivity contribution in [1.82, 2.24) is 14.3 Å². The van der Waals surface area contributed by atoms with E-state index >= 15 is 0 Å². The predicted molar refractivity (Wildman–Crippen MR) is 89.9 cm³/mol. The van der Waals surface area contributed by atoms with Crippen LogP contribution in [-0.2, 0) is 13.6 Å². The maximum absolute atomic E-state index is 12.4. The number of thiazole rings is 1. The van der Waals surface area contributed by atoms with Gasteiger partial charge in [0.05, 0.1) is 11.8 Å². The molecule has 1 aromatic carbocycles. The third kappa shape index (κ3) is 2.68. The number of rotatable bonds is 3.